The standard InChI is InChI=1S/C22H26BrN3O2/c1-17-5-3-6-18(11-17)15-28-22-20(23)12-19(13-21(22)27-2)14-24-7-4-9-26-10-8-25-16-26/h3,5-6,8,10-13,16,24H,4,7,9,14-15H2,1-2H3. The van der Waals surface area contributed by atoms with E-state index < -0.39 is 0 Å². The van der Waals surface area contributed by atoms with Gasteiger partial charge in [0.2, 0.25) is 0 Å². The summed E-state index contributed by atoms with van der Waals surface area (Å²) >= 11 is 3.63. The molecule has 3 aromatic rings. The van der Waals surface area contributed by atoms with Gasteiger partial charge in [-0.2, -0.15) is 0 Å². The van der Waals surface area contributed by atoms with E-state index in [-0.39, 0.29) is 0 Å². The Labute approximate surface area is 174 Å². The Bertz CT molecular complexity index is 881. The molecule has 0 saturated heterocycles. The van der Waals surface area contributed by atoms with Gasteiger partial charge in [-0.1, -0.05) is 29.8 Å². The van der Waals surface area contributed by atoms with Crippen molar-refractivity contribution in [3.05, 3.63) is 76.3 Å². The molecule has 0 spiro atoms. The van der Waals surface area contributed by atoms with Crippen molar-refractivity contribution in [3.63, 3.8) is 0 Å². The molecule has 1 heterocycles. The highest BCUT2D eigenvalue weighted by atomic mass is 79.9. The molecular weight excluding hydrogens is 418 g/mol. The van der Waals surface area contributed by atoms with Gasteiger partial charge in [0, 0.05) is 25.5 Å². The van der Waals surface area contributed by atoms with Crippen molar-refractivity contribution in [3.8, 4) is 11.5 Å². The lowest BCUT2D eigenvalue weighted by Crippen LogP contribution is -2.16. The fraction of sp³-hybridized carbons (Fsp3) is 0.318. The van der Waals surface area contributed by atoms with Crippen molar-refractivity contribution in [2.75, 3.05) is 13.7 Å². The maximum Gasteiger partial charge on any atom is 0.175 e. The largest absolute Gasteiger partial charge is 0.493 e. The molecule has 0 amide bonds. The van der Waals surface area contributed by atoms with E-state index in [9.17, 15) is 0 Å². The molecule has 0 fully saturated rings. The molecule has 0 unspecified atom stereocenters. The van der Waals surface area contributed by atoms with Crippen LogP contribution in [0.25, 0.3) is 0 Å². The molecule has 3 rings (SSSR count). The topological polar surface area (TPSA) is 48.3 Å². The number of nitrogens with one attached hydrogen (secondary N) is 1. The van der Waals surface area contributed by atoms with Crippen LogP contribution in [0.1, 0.15) is 23.1 Å². The minimum atomic E-state index is 0.502. The fourth-order valence-corrected chi connectivity index (χ4v) is 3.62. The molecule has 6 heteroatoms. The highest BCUT2D eigenvalue weighted by Crippen LogP contribution is 2.37. The number of methoxy groups -OCH3 is 1. The second-order valence-electron chi connectivity index (χ2n) is 6.72. The molecule has 0 saturated carbocycles. The Balaban J connectivity index is 1.54. The highest BCUT2D eigenvalue weighted by molar-refractivity contribution is 9.10. The Kier molecular flexibility index (Phi) is 7.51. The smallest absolute Gasteiger partial charge is 0.175 e. The summed E-state index contributed by atoms with van der Waals surface area (Å²) in [6.45, 7) is 5.26. The van der Waals surface area contributed by atoms with E-state index in [2.05, 4.69) is 62.0 Å². The first-order valence-corrected chi connectivity index (χ1v) is 10.2. The second kappa shape index (κ2) is 10.3. The summed E-state index contributed by atoms with van der Waals surface area (Å²) in [6.07, 6.45) is 6.68. The highest BCUT2D eigenvalue weighted by Gasteiger charge is 2.12. The first-order chi connectivity index (χ1) is 13.7. The Morgan fingerprint density at radius 3 is 2.82 bits per heavy atom. The number of hydrogen-bond acceptors (Lipinski definition) is 4. The number of rotatable bonds is 10. The van der Waals surface area contributed by atoms with E-state index in [0.29, 0.717) is 6.61 Å². The van der Waals surface area contributed by atoms with Crippen LogP contribution in [0.4, 0.5) is 0 Å². The SMILES string of the molecule is COc1cc(CNCCCn2ccnc2)cc(Br)c1OCc1cccc(C)c1. The number of ether oxygens (including phenoxy) is 2. The molecule has 148 valence electrons. The molecule has 0 aliphatic heterocycles. The zero-order valence-electron chi connectivity index (χ0n) is 16.3. The minimum absolute atomic E-state index is 0.502. The van der Waals surface area contributed by atoms with E-state index in [1.165, 1.54) is 5.56 Å². The van der Waals surface area contributed by atoms with Crippen molar-refractivity contribution >= 4 is 15.9 Å². The van der Waals surface area contributed by atoms with Crippen LogP contribution in [0.3, 0.4) is 0 Å². The van der Waals surface area contributed by atoms with Crippen LogP contribution >= 0.6 is 15.9 Å². The monoisotopic (exact) mass is 443 g/mol. The molecule has 5 nitrogen and oxygen atoms in total. The molecule has 0 aliphatic rings. The second-order valence-corrected chi connectivity index (χ2v) is 7.57. The summed E-state index contributed by atoms with van der Waals surface area (Å²) in [5.41, 5.74) is 3.51. The van der Waals surface area contributed by atoms with E-state index in [1.54, 1.807) is 13.3 Å². The number of nitrogens with zero attached hydrogens (tertiary/aromatic N) is 2. The van der Waals surface area contributed by atoms with Gasteiger partial charge in [0.15, 0.2) is 11.5 Å². The number of benzene rings is 2. The van der Waals surface area contributed by atoms with Crippen LogP contribution in [0, 0.1) is 6.92 Å². The van der Waals surface area contributed by atoms with Crippen molar-refractivity contribution in [1.29, 1.82) is 0 Å². The van der Waals surface area contributed by atoms with Gasteiger partial charge in [0.05, 0.1) is 17.9 Å². The number of aromatic nitrogens is 2. The summed E-state index contributed by atoms with van der Waals surface area (Å²) < 4.78 is 14.6. The summed E-state index contributed by atoms with van der Waals surface area (Å²) in [6, 6.07) is 12.4. The lowest BCUT2D eigenvalue weighted by molar-refractivity contribution is 0.282. The van der Waals surface area contributed by atoms with Crippen molar-refractivity contribution in [1.82, 2.24) is 14.9 Å². The first-order valence-electron chi connectivity index (χ1n) is 9.37. The lowest BCUT2D eigenvalue weighted by Gasteiger charge is -2.15. The predicted molar refractivity (Wildman–Crippen MR) is 115 cm³/mol. The van der Waals surface area contributed by atoms with Gasteiger partial charge < -0.3 is 19.4 Å². The zero-order chi connectivity index (χ0) is 19.8. The normalized spacial score (nSPS) is 10.8. The van der Waals surface area contributed by atoms with E-state index in [4.69, 9.17) is 9.47 Å². The van der Waals surface area contributed by atoms with Gasteiger partial charge in [-0.25, -0.2) is 4.98 Å². The van der Waals surface area contributed by atoms with Crippen molar-refractivity contribution < 1.29 is 9.47 Å². The van der Waals surface area contributed by atoms with Gasteiger partial charge in [0.1, 0.15) is 6.61 Å². The maximum atomic E-state index is 6.04. The minimum Gasteiger partial charge on any atom is -0.493 e. The van der Waals surface area contributed by atoms with Gasteiger partial charge in [0.25, 0.3) is 0 Å². The van der Waals surface area contributed by atoms with E-state index in [0.717, 1.165) is 53.2 Å². The van der Waals surface area contributed by atoms with Crippen molar-refractivity contribution in [2.45, 2.75) is 33.0 Å². The summed E-state index contributed by atoms with van der Waals surface area (Å²) in [4.78, 5) is 4.06. The predicted octanol–water partition coefficient (Wildman–Crippen LogP) is 4.72. The summed E-state index contributed by atoms with van der Waals surface area (Å²) in [5, 5.41) is 3.48. The average molecular weight is 444 g/mol. The Hall–Kier alpha value is -2.31. The summed E-state index contributed by atoms with van der Waals surface area (Å²) in [7, 11) is 1.67. The average Bonchev–Trinajstić information content (AvgIpc) is 3.20. The molecule has 1 N–H and O–H groups in total. The number of aryl methyl sites for hydroxylation is 2. The van der Waals surface area contributed by atoms with Crippen molar-refractivity contribution in [2.24, 2.45) is 0 Å². The number of hydrogen-bond donors (Lipinski definition) is 1. The van der Waals surface area contributed by atoms with E-state index >= 15 is 0 Å². The third-order valence-electron chi connectivity index (χ3n) is 4.41. The van der Waals surface area contributed by atoms with Crippen LogP contribution in [0.5, 0.6) is 11.5 Å². The fourth-order valence-electron chi connectivity index (χ4n) is 3.01. The van der Waals surface area contributed by atoms with Crippen LogP contribution in [-0.4, -0.2) is 23.2 Å². The van der Waals surface area contributed by atoms with Crippen LogP contribution in [0.2, 0.25) is 0 Å². The van der Waals surface area contributed by atoms with Gasteiger partial charge in [-0.05, 0) is 59.1 Å². The molecular formula is C22H26BrN3O2. The van der Waals surface area contributed by atoms with Crippen LogP contribution in [0.15, 0.2) is 59.6 Å². The molecule has 28 heavy (non-hydrogen) atoms. The summed E-state index contributed by atoms with van der Waals surface area (Å²) in [5.74, 6) is 1.46. The van der Waals surface area contributed by atoms with Gasteiger partial charge >= 0.3 is 0 Å². The molecule has 0 radical (unpaired) electrons. The van der Waals surface area contributed by atoms with Gasteiger partial charge in [-0.3, -0.25) is 0 Å². The molecule has 0 aliphatic carbocycles. The Morgan fingerprint density at radius 1 is 1.18 bits per heavy atom. The molecule has 2 aromatic carbocycles. The number of imidazole rings is 1. The molecule has 0 bridgehead atoms. The maximum absolute atomic E-state index is 6.04. The lowest BCUT2D eigenvalue weighted by atomic mass is 10.1. The van der Waals surface area contributed by atoms with Crippen LogP contribution in [-0.2, 0) is 19.7 Å². The van der Waals surface area contributed by atoms with Crippen LogP contribution < -0.4 is 14.8 Å². The first kappa shape index (κ1) is 20.4. The zero-order valence-corrected chi connectivity index (χ0v) is 17.9. The van der Waals surface area contributed by atoms with Gasteiger partial charge in [-0.15, -0.1) is 0 Å². The quantitative estimate of drug-likeness (QED) is 0.460. The third-order valence-corrected chi connectivity index (χ3v) is 5.00. The van der Waals surface area contributed by atoms with E-state index in [1.807, 2.05) is 24.7 Å². The number of halogens is 1. The molecule has 0 atom stereocenters. The molecule has 1 aromatic heterocycles. The third kappa shape index (κ3) is 5.84. The Morgan fingerprint density at radius 2 is 2.07 bits per heavy atom.